The van der Waals surface area contributed by atoms with Gasteiger partial charge >= 0.3 is 0 Å². The number of carbonyl (C=O) groups is 3. The van der Waals surface area contributed by atoms with E-state index < -0.39 is 5.91 Å². The monoisotopic (exact) mass is 276 g/mol. The summed E-state index contributed by atoms with van der Waals surface area (Å²) in [6.07, 6.45) is 3.74. The molecule has 0 aliphatic carbocycles. The van der Waals surface area contributed by atoms with E-state index in [0.717, 1.165) is 0 Å². The SMILES string of the molecule is NC(=O)CC1CCN(CC(=O)Nc2ccncc2)C1=O. The molecule has 1 aromatic heterocycles. The largest absolute Gasteiger partial charge is 0.370 e. The Kier molecular flexibility index (Phi) is 4.29. The molecule has 7 heteroatoms. The molecule has 7 nitrogen and oxygen atoms in total. The molecule has 1 aliphatic rings. The van der Waals surface area contributed by atoms with E-state index in [1.54, 1.807) is 24.5 Å². The van der Waals surface area contributed by atoms with Crippen LogP contribution in [0.2, 0.25) is 0 Å². The number of aromatic nitrogens is 1. The molecule has 106 valence electrons. The summed E-state index contributed by atoms with van der Waals surface area (Å²) in [5, 5.41) is 2.68. The lowest BCUT2D eigenvalue weighted by molar-refractivity contribution is -0.135. The zero-order chi connectivity index (χ0) is 14.5. The number of likely N-dealkylation sites (tertiary alicyclic amines) is 1. The van der Waals surface area contributed by atoms with Crippen LogP contribution in [-0.4, -0.2) is 40.7 Å². The number of hydrogen-bond acceptors (Lipinski definition) is 4. The Morgan fingerprint density at radius 1 is 1.40 bits per heavy atom. The van der Waals surface area contributed by atoms with Gasteiger partial charge < -0.3 is 16.0 Å². The Labute approximate surface area is 116 Å². The van der Waals surface area contributed by atoms with Crippen LogP contribution in [0.5, 0.6) is 0 Å². The highest BCUT2D eigenvalue weighted by atomic mass is 16.2. The second-order valence-corrected chi connectivity index (χ2v) is 4.70. The van der Waals surface area contributed by atoms with Gasteiger partial charge in [0.05, 0.1) is 6.54 Å². The Morgan fingerprint density at radius 2 is 2.10 bits per heavy atom. The molecule has 0 spiro atoms. The third kappa shape index (κ3) is 3.53. The molecule has 2 rings (SSSR count). The Morgan fingerprint density at radius 3 is 2.75 bits per heavy atom. The van der Waals surface area contributed by atoms with Crippen LogP contribution in [0.25, 0.3) is 0 Å². The highest BCUT2D eigenvalue weighted by molar-refractivity contribution is 5.95. The summed E-state index contributed by atoms with van der Waals surface area (Å²) in [6, 6.07) is 3.33. The number of amides is 3. The minimum absolute atomic E-state index is 0.0174. The molecule has 1 saturated heterocycles. The van der Waals surface area contributed by atoms with Crippen LogP contribution >= 0.6 is 0 Å². The Bertz CT molecular complexity index is 518. The van der Waals surface area contributed by atoms with Gasteiger partial charge in [-0.2, -0.15) is 0 Å². The number of anilines is 1. The molecule has 1 aromatic rings. The first-order chi connectivity index (χ1) is 9.56. The van der Waals surface area contributed by atoms with E-state index in [9.17, 15) is 14.4 Å². The number of nitrogens with two attached hydrogens (primary N) is 1. The Balaban J connectivity index is 1.86. The summed E-state index contributed by atoms with van der Waals surface area (Å²) in [4.78, 5) is 39.9. The molecule has 0 bridgehead atoms. The fourth-order valence-electron chi connectivity index (χ4n) is 2.20. The van der Waals surface area contributed by atoms with Crippen molar-refractivity contribution in [2.45, 2.75) is 12.8 Å². The third-order valence-electron chi connectivity index (χ3n) is 3.15. The van der Waals surface area contributed by atoms with Gasteiger partial charge in [-0.25, -0.2) is 0 Å². The zero-order valence-corrected chi connectivity index (χ0v) is 10.9. The first-order valence-electron chi connectivity index (χ1n) is 6.33. The highest BCUT2D eigenvalue weighted by Crippen LogP contribution is 2.20. The van der Waals surface area contributed by atoms with Gasteiger partial charge in [0, 0.05) is 37.0 Å². The van der Waals surface area contributed by atoms with Crippen molar-refractivity contribution in [1.82, 2.24) is 9.88 Å². The van der Waals surface area contributed by atoms with Gasteiger partial charge in [0.15, 0.2) is 0 Å². The van der Waals surface area contributed by atoms with Crippen LogP contribution in [-0.2, 0) is 14.4 Å². The number of carbonyl (C=O) groups excluding carboxylic acids is 3. The van der Waals surface area contributed by atoms with Crippen LogP contribution in [0.15, 0.2) is 24.5 Å². The molecule has 0 radical (unpaired) electrons. The highest BCUT2D eigenvalue weighted by Gasteiger charge is 2.33. The van der Waals surface area contributed by atoms with Gasteiger partial charge in [-0.15, -0.1) is 0 Å². The lowest BCUT2D eigenvalue weighted by atomic mass is 10.0. The predicted molar refractivity (Wildman–Crippen MR) is 71.4 cm³/mol. The van der Waals surface area contributed by atoms with E-state index in [1.165, 1.54) is 4.90 Å². The van der Waals surface area contributed by atoms with Crippen LogP contribution < -0.4 is 11.1 Å². The van der Waals surface area contributed by atoms with Crippen molar-refractivity contribution in [1.29, 1.82) is 0 Å². The maximum absolute atomic E-state index is 12.0. The van der Waals surface area contributed by atoms with E-state index in [4.69, 9.17) is 5.73 Å². The standard InChI is InChI=1S/C13H16N4O3/c14-11(18)7-9-3-6-17(13(9)20)8-12(19)16-10-1-4-15-5-2-10/h1-2,4-5,9H,3,6-8H2,(H2,14,18)(H,15,16,19). The molecule has 3 N–H and O–H groups in total. The fraction of sp³-hybridized carbons (Fsp3) is 0.385. The minimum Gasteiger partial charge on any atom is -0.370 e. The summed E-state index contributed by atoms with van der Waals surface area (Å²) in [6.45, 7) is 0.455. The average molecular weight is 276 g/mol. The van der Waals surface area contributed by atoms with Gasteiger partial charge in [-0.3, -0.25) is 19.4 Å². The summed E-state index contributed by atoms with van der Waals surface area (Å²) in [7, 11) is 0. The minimum atomic E-state index is -0.494. The second kappa shape index (κ2) is 6.14. The molecular formula is C13H16N4O3. The van der Waals surface area contributed by atoms with Gasteiger partial charge in [-0.1, -0.05) is 0 Å². The second-order valence-electron chi connectivity index (χ2n) is 4.70. The molecular weight excluding hydrogens is 260 g/mol. The lowest BCUT2D eigenvalue weighted by Crippen LogP contribution is -2.36. The smallest absolute Gasteiger partial charge is 0.243 e. The fourth-order valence-corrected chi connectivity index (χ4v) is 2.20. The predicted octanol–water partition coefficient (Wildman–Crippen LogP) is -0.256. The maximum Gasteiger partial charge on any atom is 0.243 e. The van der Waals surface area contributed by atoms with Crippen molar-refractivity contribution in [2.75, 3.05) is 18.4 Å². The van der Waals surface area contributed by atoms with E-state index in [-0.39, 0.29) is 30.7 Å². The topological polar surface area (TPSA) is 105 Å². The van der Waals surface area contributed by atoms with Crippen molar-refractivity contribution < 1.29 is 14.4 Å². The molecule has 0 saturated carbocycles. The van der Waals surface area contributed by atoms with Crippen molar-refractivity contribution in [2.24, 2.45) is 11.7 Å². The van der Waals surface area contributed by atoms with Crippen LogP contribution in [0.1, 0.15) is 12.8 Å². The van der Waals surface area contributed by atoms with Crippen LogP contribution in [0.4, 0.5) is 5.69 Å². The summed E-state index contributed by atoms with van der Waals surface area (Å²) >= 11 is 0. The first-order valence-corrected chi connectivity index (χ1v) is 6.33. The van der Waals surface area contributed by atoms with E-state index in [1.807, 2.05) is 0 Å². The molecule has 1 fully saturated rings. The number of pyridine rings is 1. The maximum atomic E-state index is 12.0. The molecule has 20 heavy (non-hydrogen) atoms. The van der Waals surface area contributed by atoms with Gasteiger partial charge in [0.1, 0.15) is 0 Å². The van der Waals surface area contributed by atoms with Crippen molar-refractivity contribution in [3.05, 3.63) is 24.5 Å². The van der Waals surface area contributed by atoms with E-state index >= 15 is 0 Å². The van der Waals surface area contributed by atoms with Crippen molar-refractivity contribution in [3.63, 3.8) is 0 Å². The zero-order valence-electron chi connectivity index (χ0n) is 10.9. The third-order valence-corrected chi connectivity index (χ3v) is 3.15. The number of hydrogen-bond donors (Lipinski definition) is 2. The van der Waals surface area contributed by atoms with Gasteiger partial charge in [-0.05, 0) is 18.6 Å². The average Bonchev–Trinajstić information content (AvgIpc) is 2.72. The molecule has 1 unspecified atom stereocenters. The quantitative estimate of drug-likeness (QED) is 0.773. The van der Waals surface area contributed by atoms with Gasteiger partial charge in [0.25, 0.3) is 0 Å². The number of primary amides is 1. The molecule has 1 aliphatic heterocycles. The summed E-state index contributed by atoms with van der Waals surface area (Å²) in [5.74, 6) is -1.34. The molecule has 1 atom stereocenters. The number of nitrogens with zero attached hydrogens (tertiary/aromatic N) is 2. The number of nitrogens with one attached hydrogen (secondary N) is 1. The first kappa shape index (κ1) is 14.0. The van der Waals surface area contributed by atoms with E-state index in [2.05, 4.69) is 10.3 Å². The van der Waals surface area contributed by atoms with Crippen LogP contribution in [0.3, 0.4) is 0 Å². The molecule has 3 amide bonds. The van der Waals surface area contributed by atoms with Crippen molar-refractivity contribution in [3.8, 4) is 0 Å². The van der Waals surface area contributed by atoms with Gasteiger partial charge in [0.2, 0.25) is 17.7 Å². The molecule has 0 aromatic carbocycles. The summed E-state index contributed by atoms with van der Waals surface area (Å²) < 4.78 is 0. The Hall–Kier alpha value is -2.44. The summed E-state index contributed by atoms with van der Waals surface area (Å²) in [5.41, 5.74) is 5.72. The molecule has 2 heterocycles. The normalized spacial score (nSPS) is 18.1. The lowest BCUT2D eigenvalue weighted by Gasteiger charge is -2.16. The number of rotatable bonds is 5. The van der Waals surface area contributed by atoms with E-state index in [0.29, 0.717) is 18.7 Å². The van der Waals surface area contributed by atoms with Crippen molar-refractivity contribution >= 4 is 23.4 Å². The van der Waals surface area contributed by atoms with Crippen LogP contribution in [0, 0.1) is 5.92 Å².